The highest BCUT2D eigenvalue weighted by Gasteiger charge is 2.24. The Balaban J connectivity index is 3.09. The van der Waals surface area contributed by atoms with Crippen molar-refractivity contribution in [3.8, 4) is 0 Å². The smallest absolute Gasteiger partial charge is 0.353 e. The third-order valence-corrected chi connectivity index (χ3v) is 2.43. The number of anilines is 2. The maximum atomic E-state index is 11.0. The van der Waals surface area contributed by atoms with Crippen molar-refractivity contribution < 1.29 is 4.92 Å². The van der Waals surface area contributed by atoms with Crippen molar-refractivity contribution in [2.75, 3.05) is 30.9 Å². The van der Waals surface area contributed by atoms with Crippen LogP contribution < -0.4 is 10.2 Å². The molecule has 0 aliphatic heterocycles. The summed E-state index contributed by atoms with van der Waals surface area (Å²) in [7, 11) is 3.40. The number of unbranched alkanes of at least 4 members (excludes halogenated alkanes) is 1. The van der Waals surface area contributed by atoms with E-state index in [-0.39, 0.29) is 11.5 Å². The van der Waals surface area contributed by atoms with Gasteiger partial charge < -0.3 is 10.2 Å². The highest BCUT2D eigenvalue weighted by molar-refractivity contribution is 5.69. The molecule has 7 nitrogen and oxygen atoms in total. The van der Waals surface area contributed by atoms with E-state index >= 15 is 0 Å². The van der Waals surface area contributed by atoms with Gasteiger partial charge in [-0.2, -0.15) is 0 Å². The van der Waals surface area contributed by atoms with Gasteiger partial charge in [0.25, 0.3) is 0 Å². The molecule has 0 spiro atoms. The molecule has 0 aromatic carbocycles. The van der Waals surface area contributed by atoms with Gasteiger partial charge >= 0.3 is 5.69 Å². The van der Waals surface area contributed by atoms with Gasteiger partial charge in [-0.25, -0.2) is 9.97 Å². The van der Waals surface area contributed by atoms with E-state index in [9.17, 15) is 10.1 Å². The number of nitrogens with zero attached hydrogens (tertiary/aromatic N) is 4. The molecule has 0 aliphatic carbocycles. The lowest BCUT2D eigenvalue weighted by Gasteiger charge is -2.17. The zero-order valence-corrected chi connectivity index (χ0v) is 10.3. The van der Waals surface area contributed by atoms with Crippen molar-refractivity contribution in [3.05, 3.63) is 16.4 Å². The van der Waals surface area contributed by atoms with Crippen LogP contribution in [0.15, 0.2) is 6.33 Å². The molecule has 1 heterocycles. The van der Waals surface area contributed by atoms with Crippen LogP contribution in [0.5, 0.6) is 0 Å². The highest BCUT2D eigenvalue weighted by atomic mass is 16.6. The van der Waals surface area contributed by atoms with E-state index in [4.69, 9.17) is 0 Å². The van der Waals surface area contributed by atoms with Crippen LogP contribution in [0.4, 0.5) is 17.3 Å². The molecule has 0 aliphatic rings. The fraction of sp³-hybridized carbons (Fsp3) is 0.600. The topological polar surface area (TPSA) is 84.2 Å². The molecule has 0 radical (unpaired) electrons. The molecule has 0 fully saturated rings. The Morgan fingerprint density at radius 3 is 2.76 bits per heavy atom. The minimum absolute atomic E-state index is 0.0754. The second-order valence-corrected chi connectivity index (χ2v) is 3.68. The number of aromatic nitrogens is 2. The second-order valence-electron chi connectivity index (χ2n) is 3.68. The molecule has 7 heteroatoms. The third-order valence-electron chi connectivity index (χ3n) is 2.43. The van der Waals surface area contributed by atoms with E-state index in [0.717, 1.165) is 19.4 Å². The van der Waals surface area contributed by atoms with Gasteiger partial charge in [0.2, 0.25) is 11.6 Å². The van der Waals surface area contributed by atoms with E-state index in [0.29, 0.717) is 5.82 Å². The van der Waals surface area contributed by atoms with Crippen LogP contribution in [0.2, 0.25) is 0 Å². The van der Waals surface area contributed by atoms with Crippen LogP contribution in [-0.2, 0) is 0 Å². The van der Waals surface area contributed by atoms with Crippen molar-refractivity contribution in [1.29, 1.82) is 0 Å². The molecule has 17 heavy (non-hydrogen) atoms. The summed E-state index contributed by atoms with van der Waals surface area (Å²) >= 11 is 0. The van der Waals surface area contributed by atoms with Gasteiger partial charge in [0.1, 0.15) is 6.33 Å². The first-order valence-corrected chi connectivity index (χ1v) is 5.50. The standard InChI is InChI=1S/C10H17N5O2/c1-4-5-6-14(3)10-8(15(16)17)9(11-2)12-7-13-10/h7H,4-6H2,1-3H3,(H,11,12,13). The maximum Gasteiger partial charge on any atom is 0.353 e. The van der Waals surface area contributed by atoms with Crippen LogP contribution in [-0.4, -0.2) is 35.5 Å². The fourth-order valence-electron chi connectivity index (χ4n) is 1.50. The van der Waals surface area contributed by atoms with Crippen molar-refractivity contribution >= 4 is 17.3 Å². The first-order valence-electron chi connectivity index (χ1n) is 5.50. The van der Waals surface area contributed by atoms with Gasteiger partial charge in [0, 0.05) is 20.6 Å². The number of nitrogens with one attached hydrogen (secondary N) is 1. The molecule has 0 amide bonds. The quantitative estimate of drug-likeness (QED) is 0.600. The van der Waals surface area contributed by atoms with Crippen LogP contribution in [0.3, 0.4) is 0 Å². The SMILES string of the molecule is CCCCN(C)c1ncnc(NC)c1[N+](=O)[O-]. The van der Waals surface area contributed by atoms with E-state index < -0.39 is 4.92 Å². The zero-order chi connectivity index (χ0) is 12.8. The molecule has 0 saturated carbocycles. The average molecular weight is 239 g/mol. The lowest BCUT2D eigenvalue weighted by Crippen LogP contribution is -2.21. The molecule has 1 aromatic rings. The molecular weight excluding hydrogens is 222 g/mol. The van der Waals surface area contributed by atoms with Gasteiger partial charge in [-0.05, 0) is 6.42 Å². The summed E-state index contributed by atoms with van der Waals surface area (Å²) in [6, 6.07) is 0. The number of nitro groups is 1. The number of hydrogen-bond donors (Lipinski definition) is 1. The molecular formula is C10H17N5O2. The molecule has 1 N–H and O–H groups in total. The fourth-order valence-corrected chi connectivity index (χ4v) is 1.50. The van der Waals surface area contributed by atoms with E-state index in [1.165, 1.54) is 6.33 Å². The molecule has 94 valence electrons. The summed E-state index contributed by atoms with van der Waals surface area (Å²) in [4.78, 5) is 20.2. The lowest BCUT2D eigenvalue weighted by molar-refractivity contribution is -0.383. The molecule has 0 bridgehead atoms. The molecule has 0 saturated heterocycles. The monoisotopic (exact) mass is 239 g/mol. The van der Waals surface area contributed by atoms with Crippen LogP contribution >= 0.6 is 0 Å². The molecule has 1 rings (SSSR count). The Morgan fingerprint density at radius 1 is 1.53 bits per heavy atom. The first-order chi connectivity index (χ1) is 8.11. The van der Waals surface area contributed by atoms with Crippen molar-refractivity contribution in [3.63, 3.8) is 0 Å². The van der Waals surface area contributed by atoms with Crippen molar-refractivity contribution in [2.24, 2.45) is 0 Å². The highest BCUT2D eigenvalue weighted by Crippen LogP contribution is 2.30. The van der Waals surface area contributed by atoms with Crippen LogP contribution in [0.25, 0.3) is 0 Å². The van der Waals surface area contributed by atoms with E-state index in [2.05, 4.69) is 22.2 Å². The Labute approximate surface area is 100 Å². The van der Waals surface area contributed by atoms with Crippen LogP contribution in [0, 0.1) is 10.1 Å². The normalized spacial score (nSPS) is 10.1. The van der Waals surface area contributed by atoms with Crippen LogP contribution in [0.1, 0.15) is 19.8 Å². The number of hydrogen-bond acceptors (Lipinski definition) is 6. The Bertz CT molecular complexity index is 396. The third kappa shape index (κ3) is 3.02. The van der Waals surface area contributed by atoms with Gasteiger partial charge in [-0.15, -0.1) is 0 Å². The Kier molecular flexibility index (Phi) is 4.62. The Hall–Kier alpha value is -1.92. The second kappa shape index (κ2) is 5.97. The van der Waals surface area contributed by atoms with Gasteiger partial charge in [-0.3, -0.25) is 10.1 Å². The van der Waals surface area contributed by atoms with Crippen molar-refractivity contribution in [1.82, 2.24) is 9.97 Å². The van der Waals surface area contributed by atoms with E-state index in [1.54, 1.807) is 19.0 Å². The summed E-state index contributed by atoms with van der Waals surface area (Å²) in [5.41, 5.74) is -0.0754. The average Bonchev–Trinajstić information content (AvgIpc) is 2.34. The Morgan fingerprint density at radius 2 is 2.24 bits per heavy atom. The largest absolute Gasteiger partial charge is 0.367 e. The summed E-state index contributed by atoms with van der Waals surface area (Å²) in [5, 5.41) is 13.7. The molecule has 1 aromatic heterocycles. The van der Waals surface area contributed by atoms with Crippen molar-refractivity contribution in [2.45, 2.75) is 19.8 Å². The lowest BCUT2D eigenvalue weighted by atomic mass is 10.3. The summed E-state index contributed by atoms with van der Waals surface area (Å²) < 4.78 is 0. The first kappa shape index (κ1) is 13.1. The predicted molar refractivity (Wildman–Crippen MR) is 66.4 cm³/mol. The number of rotatable bonds is 6. The van der Waals surface area contributed by atoms with E-state index in [1.807, 2.05) is 0 Å². The minimum atomic E-state index is -0.455. The summed E-state index contributed by atoms with van der Waals surface area (Å²) in [5.74, 6) is 0.589. The zero-order valence-electron chi connectivity index (χ0n) is 10.3. The molecule has 0 atom stereocenters. The minimum Gasteiger partial charge on any atom is -0.367 e. The molecule has 0 unspecified atom stereocenters. The summed E-state index contributed by atoms with van der Waals surface area (Å²) in [6.45, 7) is 2.80. The van der Waals surface area contributed by atoms with Gasteiger partial charge in [0.15, 0.2) is 0 Å². The van der Waals surface area contributed by atoms with Gasteiger partial charge in [0.05, 0.1) is 4.92 Å². The summed E-state index contributed by atoms with van der Waals surface area (Å²) in [6.07, 6.45) is 3.32. The van der Waals surface area contributed by atoms with Gasteiger partial charge in [-0.1, -0.05) is 13.3 Å². The predicted octanol–water partition coefficient (Wildman–Crippen LogP) is 1.66. The maximum absolute atomic E-state index is 11.0.